The molecule has 0 aliphatic carbocycles. The standard InChI is InChI=1S/C18H24N2O4/c1-11(2)19-17(21)14(5)24-18(22)16-9-12(3)20(13(16)4)10-15-7-6-8-23-15/h6-9,11,14H,10H2,1-5H3,(H,19,21)/t14-/m0/s1. The van der Waals surface area contributed by atoms with E-state index < -0.39 is 12.1 Å². The predicted molar refractivity (Wildman–Crippen MR) is 89.9 cm³/mol. The topological polar surface area (TPSA) is 73.5 Å². The summed E-state index contributed by atoms with van der Waals surface area (Å²) in [4.78, 5) is 24.3. The first-order valence-electron chi connectivity index (χ1n) is 8.00. The molecular weight excluding hydrogens is 308 g/mol. The fourth-order valence-corrected chi connectivity index (χ4v) is 2.49. The maximum absolute atomic E-state index is 12.4. The van der Waals surface area contributed by atoms with Crippen LogP contribution in [0.3, 0.4) is 0 Å². The molecule has 0 unspecified atom stereocenters. The van der Waals surface area contributed by atoms with Crippen molar-refractivity contribution in [3.8, 4) is 0 Å². The molecule has 0 fully saturated rings. The second-order valence-electron chi connectivity index (χ2n) is 6.16. The minimum absolute atomic E-state index is 0.00277. The summed E-state index contributed by atoms with van der Waals surface area (Å²) in [5.74, 6) is 0.00402. The number of carbonyl (C=O) groups excluding carboxylic acids is 2. The summed E-state index contributed by atoms with van der Waals surface area (Å²) in [5, 5.41) is 2.73. The lowest BCUT2D eigenvalue weighted by atomic mass is 10.2. The summed E-state index contributed by atoms with van der Waals surface area (Å²) in [6, 6.07) is 5.48. The summed E-state index contributed by atoms with van der Waals surface area (Å²) in [6.07, 6.45) is 0.779. The number of furan rings is 1. The van der Waals surface area contributed by atoms with Crippen molar-refractivity contribution in [1.82, 2.24) is 9.88 Å². The van der Waals surface area contributed by atoms with Crippen molar-refractivity contribution in [3.63, 3.8) is 0 Å². The van der Waals surface area contributed by atoms with E-state index in [9.17, 15) is 9.59 Å². The van der Waals surface area contributed by atoms with Crippen LogP contribution in [-0.2, 0) is 16.1 Å². The Morgan fingerprint density at radius 3 is 2.58 bits per heavy atom. The normalized spacial score (nSPS) is 12.2. The lowest BCUT2D eigenvalue weighted by Crippen LogP contribution is -2.39. The lowest BCUT2D eigenvalue weighted by Gasteiger charge is -2.15. The average Bonchev–Trinajstić information content (AvgIpc) is 3.10. The second kappa shape index (κ2) is 7.38. The van der Waals surface area contributed by atoms with Crippen molar-refractivity contribution in [2.45, 2.75) is 53.3 Å². The minimum atomic E-state index is -0.840. The molecule has 0 aromatic carbocycles. The Labute approximate surface area is 141 Å². The van der Waals surface area contributed by atoms with Gasteiger partial charge in [0.25, 0.3) is 5.91 Å². The fourth-order valence-electron chi connectivity index (χ4n) is 2.49. The molecule has 6 nitrogen and oxygen atoms in total. The third kappa shape index (κ3) is 4.07. The van der Waals surface area contributed by atoms with Crippen molar-refractivity contribution in [1.29, 1.82) is 0 Å². The monoisotopic (exact) mass is 332 g/mol. The molecule has 0 aliphatic heterocycles. The van der Waals surface area contributed by atoms with Gasteiger partial charge in [-0.2, -0.15) is 0 Å². The molecule has 2 aromatic heterocycles. The molecule has 24 heavy (non-hydrogen) atoms. The summed E-state index contributed by atoms with van der Waals surface area (Å²) in [7, 11) is 0. The second-order valence-corrected chi connectivity index (χ2v) is 6.16. The molecule has 130 valence electrons. The van der Waals surface area contributed by atoms with Crippen LogP contribution in [0.25, 0.3) is 0 Å². The van der Waals surface area contributed by atoms with Gasteiger partial charge in [0, 0.05) is 17.4 Å². The van der Waals surface area contributed by atoms with Gasteiger partial charge in [0.2, 0.25) is 0 Å². The number of aromatic nitrogens is 1. The maximum atomic E-state index is 12.4. The summed E-state index contributed by atoms with van der Waals surface area (Å²) in [5.41, 5.74) is 2.17. The van der Waals surface area contributed by atoms with Crippen molar-refractivity contribution < 1.29 is 18.7 Å². The van der Waals surface area contributed by atoms with Gasteiger partial charge < -0.3 is 19.0 Å². The number of hydrogen-bond acceptors (Lipinski definition) is 4. The van der Waals surface area contributed by atoms with Gasteiger partial charge in [-0.3, -0.25) is 4.79 Å². The Morgan fingerprint density at radius 1 is 1.29 bits per heavy atom. The average molecular weight is 332 g/mol. The molecule has 0 saturated heterocycles. The zero-order chi connectivity index (χ0) is 17.9. The van der Waals surface area contributed by atoms with E-state index in [4.69, 9.17) is 9.15 Å². The first-order chi connectivity index (χ1) is 11.3. The van der Waals surface area contributed by atoms with Crippen LogP contribution in [0.2, 0.25) is 0 Å². The zero-order valence-electron chi connectivity index (χ0n) is 14.8. The molecule has 0 saturated carbocycles. The minimum Gasteiger partial charge on any atom is -0.467 e. The number of nitrogens with one attached hydrogen (secondary N) is 1. The SMILES string of the molecule is Cc1cc(C(=O)O[C@@H](C)C(=O)NC(C)C)c(C)n1Cc1ccco1. The third-order valence-corrected chi connectivity index (χ3v) is 3.77. The quantitative estimate of drug-likeness (QED) is 0.826. The van der Waals surface area contributed by atoms with Gasteiger partial charge in [-0.15, -0.1) is 0 Å². The first kappa shape index (κ1) is 17.8. The number of nitrogens with zero attached hydrogens (tertiary/aromatic N) is 1. The lowest BCUT2D eigenvalue weighted by molar-refractivity contribution is -0.129. The van der Waals surface area contributed by atoms with Crippen LogP contribution in [0.5, 0.6) is 0 Å². The number of esters is 1. The first-order valence-corrected chi connectivity index (χ1v) is 8.00. The van der Waals surface area contributed by atoms with Gasteiger partial charge in [0.05, 0.1) is 18.4 Å². The largest absolute Gasteiger partial charge is 0.467 e. The predicted octanol–water partition coefficient (Wildman–Crippen LogP) is 2.82. The zero-order valence-corrected chi connectivity index (χ0v) is 14.8. The van der Waals surface area contributed by atoms with Crippen LogP contribution in [0, 0.1) is 13.8 Å². The Kier molecular flexibility index (Phi) is 5.49. The van der Waals surface area contributed by atoms with E-state index in [1.807, 2.05) is 44.4 Å². The van der Waals surface area contributed by atoms with E-state index in [2.05, 4.69) is 5.32 Å². The summed E-state index contributed by atoms with van der Waals surface area (Å²) < 4.78 is 12.6. The van der Waals surface area contributed by atoms with E-state index in [1.165, 1.54) is 0 Å². The number of carbonyl (C=O) groups is 2. The van der Waals surface area contributed by atoms with E-state index in [0.29, 0.717) is 12.1 Å². The highest BCUT2D eigenvalue weighted by Crippen LogP contribution is 2.19. The van der Waals surface area contributed by atoms with E-state index in [0.717, 1.165) is 17.1 Å². The molecule has 2 aromatic rings. The smallest absolute Gasteiger partial charge is 0.340 e. The molecule has 2 heterocycles. The van der Waals surface area contributed by atoms with Gasteiger partial charge in [0.15, 0.2) is 6.10 Å². The molecule has 6 heteroatoms. The highest BCUT2D eigenvalue weighted by Gasteiger charge is 2.23. The number of ether oxygens (including phenoxy) is 1. The van der Waals surface area contributed by atoms with Crippen LogP contribution < -0.4 is 5.32 Å². The summed E-state index contributed by atoms with van der Waals surface area (Å²) in [6.45, 7) is 9.59. The molecular formula is C18H24N2O4. The van der Waals surface area contributed by atoms with Crippen LogP contribution in [-0.4, -0.2) is 28.6 Å². The molecule has 1 N–H and O–H groups in total. The summed E-state index contributed by atoms with van der Waals surface area (Å²) >= 11 is 0. The van der Waals surface area contributed by atoms with Crippen molar-refractivity contribution in [2.75, 3.05) is 0 Å². The van der Waals surface area contributed by atoms with Gasteiger partial charge in [-0.25, -0.2) is 4.79 Å². The van der Waals surface area contributed by atoms with Gasteiger partial charge in [-0.05, 0) is 52.8 Å². The Hall–Kier alpha value is -2.50. The van der Waals surface area contributed by atoms with Gasteiger partial charge in [0.1, 0.15) is 5.76 Å². The van der Waals surface area contributed by atoms with Crippen molar-refractivity contribution in [2.24, 2.45) is 0 Å². The van der Waals surface area contributed by atoms with Crippen LogP contribution in [0.15, 0.2) is 28.9 Å². The van der Waals surface area contributed by atoms with Crippen molar-refractivity contribution in [3.05, 3.63) is 47.2 Å². The number of rotatable bonds is 6. The fraction of sp³-hybridized carbons (Fsp3) is 0.444. The van der Waals surface area contributed by atoms with E-state index in [1.54, 1.807) is 19.3 Å². The Morgan fingerprint density at radius 2 is 2.00 bits per heavy atom. The van der Waals surface area contributed by atoms with Crippen LogP contribution >= 0.6 is 0 Å². The molecule has 0 bridgehead atoms. The van der Waals surface area contributed by atoms with E-state index in [-0.39, 0.29) is 11.9 Å². The molecule has 0 spiro atoms. The number of amides is 1. The van der Waals surface area contributed by atoms with Crippen molar-refractivity contribution >= 4 is 11.9 Å². The Balaban J connectivity index is 2.11. The van der Waals surface area contributed by atoms with Crippen LogP contribution in [0.1, 0.15) is 48.3 Å². The van der Waals surface area contributed by atoms with Crippen LogP contribution in [0.4, 0.5) is 0 Å². The number of aryl methyl sites for hydroxylation is 1. The Bertz CT molecular complexity index is 714. The van der Waals surface area contributed by atoms with Gasteiger partial charge >= 0.3 is 5.97 Å². The van der Waals surface area contributed by atoms with E-state index >= 15 is 0 Å². The third-order valence-electron chi connectivity index (χ3n) is 3.77. The molecule has 2 rings (SSSR count). The molecule has 0 radical (unpaired) electrons. The molecule has 0 aliphatic rings. The molecule has 1 atom stereocenters. The number of hydrogen-bond donors (Lipinski definition) is 1. The highest BCUT2D eigenvalue weighted by atomic mass is 16.5. The van der Waals surface area contributed by atoms with Gasteiger partial charge in [-0.1, -0.05) is 0 Å². The highest BCUT2D eigenvalue weighted by molar-refractivity contribution is 5.93. The molecule has 1 amide bonds. The maximum Gasteiger partial charge on any atom is 0.340 e.